The van der Waals surface area contributed by atoms with Crippen LogP contribution in [-0.4, -0.2) is 29.2 Å². The van der Waals surface area contributed by atoms with Gasteiger partial charge in [-0.25, -0.2) is 4.79 Å². The van der Waals surface area contributed by atoms with Crippen LogP contribution in [-0.2, 0) is 4.79 Å². The molecule has 3 atom stereocenters. The molecule has 1 saturated carbocycles. The molecule has 0 aliphatic heterocycles. The highest BCUT2D eigenvalue weighted by Gasteiger charge is 2.33. The Hall–Kier alpha value is -1.26. The Kier molecular flexibility index (Phi) is 6.67. The molecule has 1 aliphatic rings. The highest BCUT2D eigenvalue weighted by Crippen LogP contribution is 2.25. The second-order valence-corrected chi connectivity index (χ2v) is 5.50. The van der Waals surface area contributed by atoms with Gasteiger partial charge in [0.25, 0.3) is 0 Å². The van der Waals surface area contributed by atoms with E-state index in [1.807, 2.05) is 6.92 Å². The van der Waals surface area contributed by atoms with Gasteiger partial charge in [-0.15, -0.1) is 0 Å². The van der Waals surface area contributed by atoms with Crippen LogP contribution in [0.3, 0.4) is 0 Å². The maximum atomic E-state index is 11.8. The maximum Gasteiger partial charge on any atom is 0.315 e. The molecule has 5 nitrogen and oxygen atoms in total. The maximum absolute atomic E-state index is 11.8. The molecule has 1 fully saturated rings. The van der Waals surface area contributed by atoms with Crippen LogP contribution >= 0.6 is 0 Å². The zero-order valence-electron chi connectivity index (χ0n) is 11.9. The van der Waals surface area contributed by atoms with Crippen LogP contribution in [0.15, 0.2) is 0 Å². The third-order valence-electron chi connectivity index (χ3n) is 3.77. The fourth-order valence-corrected chi connectivity index (χ4v) is 2.63. The van der Waals surface area contributed by atoms with Crippen LogP contribution in [0.25, 0.3) is 0 Å². The second kappa shape index (κ2) is 8.02. The fraction of sp³-hybridized carbons (Fsp3) is 0.857. The van der Waals surface area contributed by atoms with E-state index in [-0.39, 0.29) is 18.1 Å². The van der Waals surface area contributed by atoms with Gasteiger partial charge >= 0.3 is 12.0 Å². The van der Waals surface area contributed by atoms with Crippen LogP contribution < -0.4 is 10.6 Å². The molecule has 3 unspecified atom stereocenters. The topological polar surface area (TPSA) is 78.4 Å². The lowest BCUT2D eigenvalue weighted by Gasteiger charge is -2.20. The Morgan fingerprint density at radius 2 is 2.05 bits per heavy atom. The van der Waals surface area contributed by atoms with Crippen molar-refractivity contribution in [2.75, 3.05) is 0 Å². The van der Waals surface area contributed by atoms with Crippen molar-refractivity contribution in [3.63, 3.8) is 0 Å². The van der Waals surface area contributed by atoms with Gasteiger partial charge in [0.15, 0.2) is 0 Å². The summed E-state index contributed by atoms with van der Waals surface area (Å²) in [6, 6.07) is -0.321. The number of carboxylic acids is 1. The number of amides is 2. The molecular weight excluding hydrogens is 244 g/mol. The van der Waals surface area contributed by atoms with E-state index in [4.69, 9.17) is 5.11 Å². The third-order valence-corrected chi connectivity index (χ3v) is 3.77. The summed E-state index contributed by atoms with van der Waals surface area (Å²) in [5, 5.41) is 14.7. The molecule has 0 aromatic heterocycles. The van der Waals surface area contributed by atoms with Gasteiger partial charge in [-0.2, -0.15) is 0 Å². The van der Waals surface area contributed by atoms with E-state index in [2.05, 4.69) is 17.6 Å². The average Bonchev–Trinajstić information content (AvgIpc) is 2.77. The molecule has 110 valence electrons. The lowest BCUT2D eigenvalue weighted by Crippen LogP contribution is -2.47. The molecule has 0 radical (unpaired) electrons. The number of urea groups is 1. The molecule has 1 rings (SSSR count). The van der Waals surface area contributed by atoms with E-state index in [0.717, 1.165) is 25.7 Å². The minimum atomic E-state index is -0.807. The minimum Gasteiger partial charge on any atom is -0.481 e. The van der Waals surface area contributed by atoms with E-state index in [0.29, 0.717) is 6.42 Å². The summed E-state index contributed by atoms with van der Waals surface area (Å²) in [4.78, 5) is 22.8. The lowest BCUT2D eigenvalue weighted by molar-refractivity contribution is -0.142. The van der Waals surface area contributed by atoms with Crippen molar-refractivity contribution >= 4 is 12.0 Å². The molecule has 1 aliphatic carbocycles. The Morgan fingerprint density at radius 1 is 1.32 bits per heavy atom. The van der Waals surface area contributed by atoms with E-state index in [9.17, 15) is 9.59 Å². The number of rotatable bonds is 7. The largest absolute Gasteiger partial charge is 0.481 e. The standard InChI is InChI=1S/C14H26N2O3/c1-3-4-5-7-10(2)15-14(19)16-12-9-6-8-11(12)13(17)18/h10-12H,3-9H2,1-2H3,(H,17,18)(H2,15,16,19). The Morgan fingerprint density at radius 3 is 2.68 bits per heavy atom. The number of aliphatic carboxylic acids is 1. The molecule has 0 heterocycles. The van der Waals surface area contributed by atoms with Gasteiger partial charge in [0, 0.05) is 12.1 Å². The zero-order valence-corrected chi connectivity index (χ0v) is 11.9. The third kappa shape index (κ3) is 5.49. The van der Waals surface area contributed by atoms with Crippen LogP contribution in [0, 0.1) is 5.92 Å². The highest BCUT2D eigenvalue weighted by molar-refractivity contribution is 5.77. The van der Waals surface area contributed by atoms with Crippen LogP contribution in [0.1, 0.15) is 58.8 Å². The monoisotopic (exact) mass is 270 g/mol. The Balaban J connectivity index is 2.28. The summed E-state index contributed by atoms with van der Waals surface area (Å²) in [6.07, 6.45) is 6.71. The van der Waals surface area contributed by atoms with Crippen molar-refractivity contribution in [3.05, 3.63) is 0 Å². The number of nitrogens with one attached hydrogen (secondary N) is 2. The predicted molar refractivity (Wildman–Crippen MR) is 74.0 cm³/mol. The summed E-state index contributed by atoms with van der Waals surface area (Å²) in [7, 11) is 0. The van der Waals surface area contributed by atoms with Crippen molar-refractivity contribution in [2.45, 2.75) is 70.9 Å². The van der Waals surface area contributed by atoms with Crippen molar-refractivity contribution in [1.29, 1.82) is 0 Å². The number of carbonyl (C=O) groups is 2. The molecule has 0 bridgehead atoms. The molecule has 3 N–H and O–H groups in total. The van der Waals surface area contributed by atoms with Crippen LogP contribution in [0.5, 0.6) is 0 Å². The molecule has 2 amide bonds. The van der Waals surface area contributed by atoms with Crippen molar-refractivity contribution < 1.29 is 14.7 Å². The summed E-state index contributed by atoms with van der Waals surface area (Å²) < 4.78 is 0. The molecule has 0 spiro atoms. The number of carbonyl (C=O) groups excluding carboxylic acids is 1. The highest BCUT2D eigenvalue weighted by atomic mass is 16.4. The second-order valence-electron chi connectivity index (χ2n) is 5.50. The first-order valence-corrected chi connectivity index (χ1v) is 7.34. The van der Waals surface area contributed by atoms with Crippen molar-refractivity contribution in [2.24, 2.45) is 5.92 Å². The van der Waals surface area contributed by atoms with Gasteiger partial charge < -0.3 is 15.7 Å². The van der Waals surface area contributed by atoms with Crippen LogP contribution in [0.2, 0.25) is 0 Å². The van der Waals surface area contributed by atoms with Gasteiger partial charge in [-0.3, -0.25) is 4.79 Å². The summed E-state index contributed by atoms with van der Waals surface area (Å²) in [6.45, 7) is 4.13. The molecular formula is C14H26N2O3. The number of carboxylic acid groups (broad SMARTS) is 1. The summed E-state index contributed by atoms with van der Waals surface area (Å²) in [5.74, 6) is -1.24. The molecule has 19 heavy (non-hydrogen) atoms. The molecule has 0 aromatic carbocycles. The quantitative estimate of drug-likeness (QED) is 0.622. The number of unbranched alkanes of at least 4 members (excludes halogenated alkanes) is 2. The molecule has 5 heteroatoms. The summed E-state index contributed by atoms with van der Waals surface area (Å²) in [5.41, 5.74) is 0. The normalized spacial score (nSPS) is 23.9. The van der Waals surface area contributed by atoms with Gasteiger partial charge in [-0.05, 0) is 26.2 Å². The summed E-state index contributed by atoms with van der Waals surface area (Å²) >= 11 is 0. The van der Waals surface area contributed by atoms with E-state index in [1.54, 1.807) is 0 Å². The lowest BCUT2D eigenvalue weighted by atomic mass is 10.0. The van der Waals surface area contributed by atoms with Crippen LogP contribution in [0.4, 0.5) is 4.79 Å². The minimum absolute atomic E-state index is 0.135. The Labute approximate surface area is 115 Å². The first-order chi connectivity index (χ1) is 9.04. The van der Waals surface area contributed by atoms with E-state index in [1.165, 1.54) is 12.8 Å². The Bertz CT molecular complexity index is 307. The first-order valence-electron chi connectivity index (χ1n) is 7.34. The van der Waals surface area contributed by atoms with Crippen molar-refractivity contribution in [3.8, 4) is 0 Å². The first kappa shape index (κ1) is 15.8. The zero-order chi connectivity index (χ0) is 14.3. The van der Waals surface area contributed by atoms with Gasteiger partial charge in [-0.1, -0.05) is 32.6 Å². The van der Waals surface area contributed by atoms with Gasteiger partial charge in [0.1, 0.15) is 0 Å². The van der Waals surface area contributed by atoms with Crippen molar-refractivity contribution in [1.82, 2.24) is 10.6 Å². The average molecular weight is 270 g/mol. The SMILES string of the molecule is CCCCCC(C)NC(=O)NC1CCCC1C(=O)O. The predicted octanol–water partition coefficient (Wildman–Crippen LogP) is 2.51. The van der Waals surface area contributed by atoms with E-state index >= 15 is 0 Å². The molecule has 0 saturated heterocycles. The van der Waals surface area contributed by atoms with Gasteiger partial charge in [0.2, 0.25) is 0 Å². The van der Waals surface area contributed by atoms with E-state index < -0.39 is 11.9 Å². The smallest absolute Gasteiger partial charge is 0.315 e. The van der Waals surface area contributed by atoms with Gasteiger partial charge in [0.05, 0.1) is 5.92 Å². The number of hydrogen-bond donors (Lipinski definition) is 3. The fourth-order valence-electron chi connectivity index (χ4n) is 2.63. The molecule has 0 aromatic rings. The number of hydrogen-bond acceptors (Lipinski definition) is 2.